The topological polar surface area (TPSA) is 26.0 Å². The highest BCUT2D eigenvalue weighted by Crippen LogP contribution is 2.51. The summed E-state index contributed by atoms with van der Waals surface area (Å²) in [7, 11) is 0. The summed E-state index contributed by atoms with van der Waals surface area (Å²) >= 11 is 0. The van der Waals surface area contributed by atoms with E-state index in [2.05, 4.69) is 0 Å². The first-order chi connectivity index (χ1) is 9.90. The Balaban J connectivity index is 1.86. The van der Waals surface area contributed by atoms with E-state index >= 15 is 0 Å². The molecule has 0 heterocycles. The predicted octanol–water partition coefficient (Wildman–Crippen LogP) is 4.21. The van der Waals surface area contributed by atoms with Gasteiger partial charge in [-0.15, -0.1) is 0 Å². The van der Waals surface area contributed by atoms with E-state index in [4.69, 9.17) is 5.73 Å². The fourth-order valence-corrected chi connectivity index (χ4v) is 4.06. The lowest BCUT2D eigenvalue weighted by atomic mass is 9.83. The normalized spacial score (nSPS) is 29.1. The van der Waals surface area contributed by atoms with Gasteiger partial charge in [-0.05, 0) is 43.4 Å². The summed E-state index contributed by atoms with van der Waals surface area (Å²) in [4.78, 5) is 0. The number of nitrogens with two attached hydrogens (primary N) is 1. The Morgan fingerprint density at radius 2 is 1.43 bits per heavy atom. The Hall–Kier alpha value is -1.17. The molecule has 0 aromatic heterocycles. The third-order valence-corrected chi connectivity index (χ3v) is 5.06. The molecular formula is C15H16F5N. The van der Waals surface area contributed by atoms with Crippen molar-refractivity contribution in [3.8, 4) is 0 Å². The van der Waals surface area contributed by atoms with E-state index in [1.54, 1.807) is 0 Å². The van der Waals surface area contributed by atoms with E-state index in [1.807, 2.05) is 0 Å². The molecule has 0 saturated heterocycles. The van der Waals surface area contributed by atoms with Crippen LogP contribution in [-0.2, 0) is 0 Å². The summed E-state index contributed by atoms with van der Waals surface area (Å²) in [6.45, 7) is 0. The van der Waals surface area contributed by atoms with E-state index in [1.165, 1.54) is 6.42 Å². The largest absolute Gasteiger partial charge is 0.324 e. The first kappa shape index (κ1) is 14.8. The molecule has 1 aromatic carbocycles. The molecule has 0 radical (unpaired) electrons. The molecule has 4 atom stereocenters. The van der Waals surface area contributed by atoms with Gasteiger partial charge in [-0.25, -0.2) is 22.0 Å². The maximum absolute atomic E-state index is 13.7. The van der Waals surface area contributed by atoms with Crippen molar-refractivity contribution < 1.29 is 22.0 Å². The summed E-state index contributed by atoms with van der Waals surface area (Å²) in [5, 5.41) is 0. The Morgan fingerprint density at radius 3 is 1.90 bits per heavy atom. The predicted molar refractivity (Wildman–Crippen MR) is 66.7 cm³/mol. The number of fused-ring (bicyclic) bond motifs is 2. The van der Waals surface area contributed by atoms with Crippen molar-refractivity contribution in [1.29, 1.82) is 0 Å². The highest BCUT2D eigenvalue weighted by molar-refractivity contribution is 5.27. The summed E-state index contributed by atoms with van der Waals surface area (Å²) in [5.74, 6) is -8.27. The average molecular weight is 305 g/mol. The molecule has 2 saturated carbocycles. The summed E-state index contributed by atoms with van der Waals surface area (Å²) < 4.78 is 66.9. The smallest absolute Gasteiger partial charge is 0.200 e. The first-order valence-corrected chi connectivity index (χ1v) is 7.17. The molecule has 2 fully saturated rings. The molecule has 0 aliphatic heterocycles. The Labute approximate surface area is 119 Å². The van der Waals surface area contributed by atoms with Gasteiger partial charge in [0, 0.05) is 11.6 Å². The highest BCUT2D eigenvalue weighted by Gasteiger charge is 2.41. The minimum Gasteiger partial charge on any atom is -0.324 e. The fourth-order valence-electron chi connectivity index (χ4n) is 4.06. The number of benzene rings is 1. The van der Waals surface area contributed by atoms with Gasteiger partial charge in [-0.3, -0.25) is 0 Å². The lowest BCUT2D eigenvalue weighted by Gasteiger charge is -2.25. The highest BCUT2D eigenvalue weighted by atomic mass is 19.2. The van der Waals surface area contributed by atoms with Crippen molar-refractivity contribution in [2.75, 3.05) is 0 Å². The van der Waals surface area contributed by atoms with Gasteiger partial charge in [0.2, 0.25) is 5.82 Å². The second-order valence-corrected chi connectivity index (χ2v) is 6.26. The zero-order valence-electron chi connectivity index (χ0n) is 11.3. The third-order valence-electron chi connectivity index (χ3n) is 5.06. The minimum atomic E-state index is -2.14. The molecule has 0 spiro atoms. The van der Waals surface area contributed by atoms with Crippen molar-refractivity contribution in [3.05, 3.63) is 34.6 Å². The van der Waals surface area contributed by atoms with Crippen LogP contribution < -0.4 is 5.73 Å². The van der Waals surface area contributed by atoms with Gasteiger partial charge in [-0.1, -0.05) is 6.42 Å². The molecule has 1 aromatic rings. The van der Waals surface area contributed by atoms with Crippen molar-refractivity contribution >= 4 is 0 Å². The Bertz CT molecular complexity index is 545. The summed E-state index contributed by atoms with van der Waals surface area (Å²) in [6.07, 6.45) is 4.53. The molecule has 6 heteroatoms. The Morgan fingerprint density at radius 1 is 0.857 bits per heavy atom. The number of hydrogen-bond acceptors (Lipinski definition) is 1. The molecule has 2 aliphatic carbocycles. The van der Waals surface area contributed by atoms with Gasteiger partial charge < -0.3 is 5.73 Å². The molecule has 2 bridgehead atoms. The summed E-state index contributed by atoms with van der Waals surface area (Å²) in [5.41, 5.74) is 4.88. The molecule has 1 nitrogen and oxygen atoms in total. The molecule has 4 unspecified atom stereocenters. The minimum absolute atomic E-state index is 0.216. The van der Waals surface area contributed by atoms with Crippen LogP contribution in [0, 0.1) is 46.8 Å². The summed E-state index contributed by atoms with van der Waals surface area (Å²) in [6, 6.07) is -1.17. The fraction of sp³-hybridized carbons (Fsp3) is 0.600. The molecule has 3 rings (SSSR count). The van der Waals surface area contributed by atoms with E-state index < -0.39 is 40.7 Å². The van der Waals surface area contributed by atoms with Gasteiger partial charge in [0.05, 0.1) is 0 Å². The molecule has 0 amide bonds. The van der Waals surface area contributed by atoms with Crippen LogP contribution in [0.3, 0.4) is 0 Å². The van der Waals surface area contributed by atoms with Crippen LogP contribution in [-0.4, -0.2) is 0 Å². The van der Waals surface area contributed by atoms with Crippen molar-refractivity contribution in [3.63, 3.8) is 0 Å². The maximum Gasteiger partial charge on any atom is 0.200 e. The molecule has 21 heavy (non-hydrogen) atoms. The van der Waals surface area contributed by atoms with Crippen LogP contribution >= 0.6 is 0 Å². The van der Waals surface area contributed by atoms with Crippen molar-refractivity contribution in [2.24, 2.45) is 23.5 Å². The van der Waals surface area contributed by atoms with Crippen LogP contribution in [0.1, 0.15) is 43.7 Å². The molecular weight excluding hydrogens is 289 g/mol. The quantitative estimate of drug-likeness (QED) is 0.505. The Kier molecular flexibility index (Phi) is 3.67. The molecule has 2 N–H and O–H groups in total. The lowest BCUT2D eigenvalue weighted by molar-refractivity contribution is 0.286. The van der Waals surface area contributed by atoms with E-state index in [-0.39, 0.29) is 12.3 Å². The zero-order chi connectivity index (χ0) is 15.3. The van der Waals surface area contributed by atoms with E-state index in [0.717, 1.165) is 19.3 Å². The molecule has 2 aliphatic rings. The maximum atomic E-state index is 13.7. The van der Waals surface area contributed by atoms with Gasteiger partial charge in [0.25, 0.3) is 0 Å². The van der Waals surface area contributed by atoms with Crippen LogP contribution in [0.15, 0.2) is 0 Å². The zero-order valence-corrected chi connectivity index (χ0v) is 11.3. The number of halogens is 5. The van der Waals surface area contributed by atoms with Crippen LogP contribution in [0.5, 0.6) is 0 Å². The SMILES string of the molecule is NC(CC1CC2CCC1C2)c1c(F)c(F)c(F)c(F)c1F. The van der Waals surface area contributed by atoms with Crippen LogP contribution in [0.25, 0.3) is 0 Å². The molecule has 116 valence electrons. The van der Waals surface area contributed by atoms with E-state index in [0.29, 0.717) is 11.8 Å². The van der Waals surface area contributed by atoms with Gasteiger partial charge in [-0.2, -0.15) is 0 Å². The van der Waals surface area contributed by atoms with Gasteiger partial charge in [0.1, 0.15) is 0 Å². The average Bonchev–Trinajstić information content (AvgIpc) is 3.05. The van der Waals surface area contributed by atoms with Crippen LogP contribution in [0.4, 0.5) is 22.0 Å². The van der Waals surface area contributed by atoms with Gasteiger partial charge in [0.15, 0.2) is 23.3 Å². The second kappa shape index (κ2) is 5.23. The van der Waals surface area contributed by atoms with Crippen molar-refractivity contribution in [2.45, 2.75) is 38.1 Å². The van der Waals surface area contributed by atoms with Crippen LogP contribution in [0.2, 0.25) is 0 Å². The first-order valence-electron chi connectivity index (χ1n) is 7.17. The standard InChI is InChI=1S/C15H16F5N/c16-11-10(12(17)14(19)15(20)13(11)18)9(21)5-8-4-6-1-2-7(8)3-6/h6-9H,1-5,21H2. The van der Waals surface area contributed by atoms with Crippen molar-refractivity contribution in [1.82, 2.24) is 0 Å². The third kappa shape index (κ3) is 2.33. The number of rotatable bonds is 3. The second-order valence-electron chi connectivity index (χ2n) is 6.26. The number of hydrogen-bond donors (Lipinski definition) is 1. The lowest BCUT2D eigenvalue weighted by Crippen LogP contribution is -2.23. The van der Waals surface area contributed by atoms with Gasteiger partial charge >= 0.3 is 0 Å². The monoisotopic (exact) mass is 305 g/mol. The van der Waals surface area contributed by atoms with E-state index in [9.17, 15) is 22.0 Å².